The number of rotatable bonds is 8. The van der Waals surface area contributed by atoms with E-state index in [4.69, 9.17) is 12.2 Å². The number of hydrogen-bond acceptors (Lipinski definition) is 3. The van der Waals surface area contributed by atoms with E-state index in [0.29, 0.717) is 24.5 Å². The van der Waals surface area contributed by atoms with E-state index in [1.54, 1.807) is 4.68 Å². The van der Waals surface area contributed by atoms with E-state index in [1.165, 1.54) is 5.56 Å². The van der Waals surface area contributed by atoms with Crippen molar-refractivity contribution in [2.75, 3.05) is 20.1 Å². The third-order valence-corrected chi connectivity index (χ3v) is 4.09. The SMILES string of the molecule is CCCNC(=O)C[NH+](C)Cn1[nH]c(-c2ccc(CC)cc2)nc1=S. The van der Waals surface area contributed by atoms with Crippen LogP contribution >= 0.6 is 12.2 Å². The summed E-state index contributed by atoms with van der Waals surface area (Å²) in [6, 6.07) is 8.29. The topological polar surface area (TPSA) is 67.2 Å². The summed E-state index contributed by atoms with van der Waals surface area (Å²) in [5.74, 6) is 0.807. The van der Waals surface area contributed by atoms with Crippen LogP contribution in [-0.2, 0) is 17.9 Å². The Morgan fingerprint density at radius 1 is 1.33 bits per heavy atom. The number of aromatic nitrogens is 3. The first-order valence-electron chi connectivity index (χ1n) is 8.37. The number of aromatic amines is 1. The molecule has 130 valence electrons. The Labute approximate surface area is 147 Å². The molecule has 0 fully saturated rings. The number of nitrogens with one attached hydrogen (secondary N) is 3. The highest BCUT2D eigenvalue weighted by molar-refractivity contribution is 7.71. The molecule has 1 unspecified atom stereocenters. The van der Waals surface area contributed by atoms with Crippen LogP contribution in [0.3, 0.4) is 0 Å². The van der Waals surface area contributed by atoms with E-state index < -0.39 is 0 Å². The highest BCUT2D eigenvalue weighted by Crippen LogP contribution is 2.15. The molecule has 1 heterocycles. The summed E-state index contributed by atoms with van der Waals surface area (Å²) in [7, 11) is 1.96. The van der Waals surface area contributed by atoms with E-state index in [0.717, 1.165) is 29.1 Å². The second kappa shape index (κ2) is 8.75. The Morgan fingerprint density at radius 2 is 2.04 bits per heavy atom. The van der Waals surface area contributed by atoms with E-state index in [1.807, 2.05) is 26.1 Å². The quantitative estimate of drug-likeness (QED) is 0.628. The minimum Gasteiger partial charge on any atom is -0.351 e. The van der Waals surface area contributed by atoms with Crippen LogP contribution in [0.25, 0.3) is 11.4 Å². The van der Waals surface area contributed by atoms with Gasteiger partial charge in [0.1, 0.15) is 0 Å². The minimum atomic E-state index is 0.0516. The zero-order valence-electron chi connectivity index (χ0n) is 14.6. The molecule has 1 aromatic carbocycles. The number of quaternary nitrogens is 1. The Morgan fingerprint density at radius 3 is 2.67 bits per heavy atom. The number of benzene rings is 1. The number of amides is 1. The van der Waals surface area contributed by atoms with E-state index in [2.05, 4.69) is 34.5 Å². The minimum absolute atomic E-state index is 0.0516. The zero-order chi connectivity index (χ0) is 17.5. The first-order valence-corrected chi connectivity index (χ1v) is 8.78. The predicted molar refractivity (Wildman–Crippen MR) is 97.3 cm³/mol. The first-order chi connectivity index (χ1) is 11.5. The van der Waals surface area contributed by atoms with Crippen LogP contribution in [0.2, 0.25) is 0 Å². The molecule has 1 amide bonds. The zero-order valence-corrected chi connectivity index (χ0v) is 15.4. The standard InChI is InChI=1S/C17H25N5OS/c1-4-10-18-15(23)11-21(3)12-22-17(24)19-16(20-22)14-8-6-13(5-2)7-9-14/h6-9H,4-5,10-12H2,1-3H3,(H,18,23)(H,19,20,24)/p+1. The van der Waals surface area contributed by atoms with Gasteiger partial charge in [0.25, 0.3) is 5.91 Å². The number of H-pyrrole nitrogens is 1. The molecule has 0 saturated carbocycles. The van der Waals surface area contributed by atoms with E-state index in [-0.39, 0.29) is 5.91 Å². The van der Waals surface area contributed by atoms with Crippen LogP contribution in [0.1, 0.15) is 25.8 Å². The molecule has 1 aromatic heterocycles. The fourth-order valence-electron chi connectivity index (χ4n) is 2.42. The van der Waals surface area contributed by atoms with Crippen molar-refractivity contribution in [3.63, 3.8) is 0 Å². The maximum atomic E-state index is 11.8. The smallest absolute Gasteiger partial charge is 0.275 e. The number of hydrogen-bond donors (Lipinski definition) is 3. The molecule has 0 aliphatic carbocycles. The molecule has 3 N–H and O–H groups in total. The third kappa shape index (κ3) is 5.01. The van der Waals surface area contributed by atoms with Crippen LogP contribution in [0, 0.1) is 4.77 Å². The Balaban J connectivity index is 2.02. The Bertz CT molecular complexity index is 719. The van der Waals surface area contributed by atoms with Gasteiger partial charge in [-0.2, -0.15) is 4.98 Å². The monoisotopic (exact) mass is 348 g/mol. The molecule has 1 atom stereocenters. The lowest BCUT2D eigenvalue weighted by Crippen LogP contribution is -3.09. The molecule has 0 radical (unpaired) electrons. The lowest BCUT2D eigenvalue weighted by Gasteiger charge is -2.13. The van der Waals surface area contributed by atoms with E-state index in [9.17, 15) is 4.79 Å². The highest BCUT2D eigenvalue weighted by Gasteiger charge is 2.12. The van der Waals surface area contributed by atoms with Crippen LogP contribution in [0.4, 0.5) is 0 Å². The van der Waals surface area contributed by atoms with Gasteiger partial charge in [0, 0.05) is 12.1 Å². The van der Waals surface area contributed by atoms with Gasteiger partial charge in [-0.05, 0) is 30.6 Å². The van der Waals surface area contributed by atoms with Crippen LogP contribution in [-0.4, -0.2) is 40.8 Å². The molecular formula is C17H26N5OS+. The van der Waals surface area contributed by atoms with Crippen molar-refractivity contribution in [1.29, 1.82) is 0 Å². The fraction of sp³-hybridized carbons (Fsp3) is 0.471. The van der Waals surface area contributed by atoms with Crippen molar-refractivity contribution in [3.05, 3.63) is 34.6 Å². The van der Waals surface area contributed by atoms with Gasteiger partial charge in [-0.15, -0.1) is 0 Å². The summed E-state index contributed by atoms with van der Waals surface area (Å²) in [6.07, 6.45) is 1.95. The lowest BCUT2D eigenvalue weighted by atomic mass is 10.1. The number of likely N-dealkylation sites (N-methyl/N-ethyl adjacent to an activating group) is 1. The summed E-state index contributed by atoms with van der Waals surface area (Å²) in [5, 5.41) is 6.12. The molecule has 0 spiro atoms. The molecule has 0 aliphatic rings. The van der Waals surface area contributed by atoms with Gasteiger partial charge in [-0.1, -0.05) is 38.1 Å². The number of carbonyl (C=O) groups is 1. The summed E-state index contributed by atoms with van der Waals surface area (Å²) >= 11 is 5.33. The second-order valence-corrected chi connectivity index (χ2v) is 6.34. The molecule has 24 heavy (non-hydrogen) atoms. The normalized spacial score (nSPS) is 12.1. The van der Waals surface area contributed by atoms with Gasteiger partial charge < -0.3 is 10.2 Å². The summed E-state index contributed by atoms with van der Waals surface area (Å²) in [6.45, 7) is 5.86. The Kier molecular flexibility index (Phi) is 6.69. The van der Waals surface area contributed by atoms with E-state index >= 15 is 0 Å². The van der Waals surface area contributed by atoms with Gasteiger partial charge in [-0.25, -0.2) is 4.68 Å². The average molecular weight is 348 g/mol. The van der Waals surface area contributed by atoms with Crippen molar-refractivity contribution < 1.29 is 9.69 Å². The maximum Gasteiger partial charge on any atom is 0.275 e. The molecule has 0 saturated heterocycles. The van der Waals surface area contributed by atoms with Crippen molar-refractivity contribution in [2.24, 2.45) is 0 Å². The molecule has 7 heteroatoms. The first kappa shape index (κ1) is 18.4. The van der Waals surface area contributed by atoms with Crippen LogP contribution < -0.4 is 10.2 Å². The van der Waals surface area contributed by atoms with Crippen LogP contribution in [0.15, 0.2) is 24.3 Å². The van der Waals surface area contributed by atoms with Crippen molar-refractivity contribution in [3.8, 4) is 11.4 Å². The third-order valence-electron chi connectivity index (χ3n) is 3.78. The largest absolute Gasteiger partial charge is 0.351 e. The summed E-state index contributed by atoms with van der Waals surface area (Å²) < 4.78 is 2.30. The highest BCUT2D eigenvalue weighted by atomic mass is 32.1. The van der Waals surface area contributed by atoms with Gasteiger partial charge >= 0.3 is 0 Å². The van der Waals surface area contributed by atoms with Gasteiger partial charge in [-0.3, -0.25) is 9.89 Å². The summed E-state index contributed by atoms with van der Waals surface area (Å²) in [4.78, 5) is 17.2. The average Bonchev–Trinajstić information content (AvgIpc) is 2.93. The number of carbonyl (C=O) groups excluding carboxylic acids is 1. The van der Waals surface area contributed by atoms with Crippen molar-refractivity contribution >= 4 is 18.1 Å². The Hall–Kier alpha value is -1.99. The molecule has 2 rings (SSSR count). The van der Waals surface area contributed by atoms with Gasteiger partial charge in [0.15, 0.2) is 19.0 Å². The molecule has 0 aliphatic heterocycles. The second-order valence-electron chi connectivity index (χ2n) is 5.98. The van der Waals surface area contributed by atoms with Crippen molar-refractivity contribution in [1.82, 2.24) is 20.1 Å². The maximum absolute atomic E-state index is 11.8. The lowest BCUT2D eigenvalue weighted by molar-refractivity contribution is -0.895. The van der Waals surface area contributed by atoms with Crippen molar-refractivity contribution in [2.45, 2.75) is 33.4 Å². The van der Waals surface area contributed by atoms with Gasteiger partial charge in [0.05, 0.1) is 7.05 Å². The number of nitrogens with zero attached hydrogens (tertiary/aromatic N) is 2. The molecular weight excluding hydrogens is 322 g/mol. The summed E-state index contributed by atoms with van der Waals surface area (Å²) in [5.41, 5.74) is 2.30. The molecule has 6 nitrogen and oxygen atoms in total. The molecule has 2 aromatic rings. The number of aryl methyl sites for hydroxylation is 1. The van der Waals surface area contributed by atoms with Gasteiger partial charge in [0.2, 0.25) is 4.77 Å². The fourth-order valence-corrected chi connectivity index (χ4v) is 2.62. The predicted octanol–water partition coefficient (Wildman–Crippen LogP) is 1.17. The van der Waals surface area contributed by atoms with Crippen LogP contribution in [0.5, 0.6) is 0 Å². The molecule has 0 bridgehead atoms.